The van der Waals surface area contributed by atoms with Crippen molar-refractivity contribution in [3.05, 3.63) is 33.8 Å². The SMILES string of the molecule is Clc1nc(C2CCCN2)n2cc(Br)ccc12. The summed E-state index contributed by atoms with van der Waals surface area (Å²) in [6.45, 7) is 1.06. The Hall–Kier alpha value is -0.580. The maximum absolute atomic E-state index is 6.13. The van der Waals surface area contributed by atoms with Crippen LogP contribution in [0.2, 0.25) is 5.15 Å². The molecule has 1 aliphatic heterocycles. The van der Waals surface area contributed by atoms with Gasteiger partial charge in [0.15, 0.2) is 5.15 Å². The topological polar surface area (TPSA) is 29.3 Å². The van der Waals surface area contributed by atoms with Gasteiger partial charge in [0, 0.05) is 10.7 Å². The summed E-state index contributed by atoms with van der Waals surface area (Å²) in [6, 6.07) is 4.29. The van der Waals surface area contributed by atoms with Crippen LogP contribution < -0.4 is 5.32 Å². The molecule has 1 unspecified atom stereocenters. The van der Waals surface area contributed by atoms with Crippen molar-refractivity contribution < 1.29 is 0 Å². The van der Waals surface area contributed by atoms with Crippen molar-refractivity contribution in [1.29, 1.82) is 0 Å². The maximum Gasteiger partial charge on any atom is 0.155 e. The standard InChI is InChI=1S/C11H11BrClN3/c12-7-3-4-9-10(13)15-11(16(9)6-7)8-2-1-5-14-8/h3-4,6,8,14H,1-2,5H2. The molecule has 0 aromatic carbocycles. The van der Waals surface area contributed by atoms with Gasteiger partial charge in [0.2, 0.25) is 0 Å². The lowest BCUT2D eigenvalue weighted by atomic mass is 10.2. The van der Waals surface area contributed by atoms with Crippen LogP contribution in [0.4, 0.5) is 0 Å². The Morgan fingerprint density at radius 3 is 3.12 bits per heavy atom. The van der Waals surface area contributed by atoms with Gasteiger partial charge in [-0.3, -0.25) is 4.40 Å². The molecule has 0 saturated carbocycles. The van der Waals surface area contributed by atoms with Gasteiger partial charge in [-0.05, 0) is 47.4 Å². The summed E-state index contributed by atoms with van der Waals surface area (Å²) < 4.78 is 3.10. The van der Waals surface area contributed by atoms with Crippen molar-refractivity contribution in [3.63, 3.8) is 0 Å². The van der Waals surface area contributed by atoms with Crippen LogP contribution in [0.25, 0.3) is 5.52 Å². The van der Waals surface area contributed by atoms with Crippen LogP contribution in [0.1, 0.15) is 24.7 Å². The van der Waals surface area contributed by atoms with Gasteiger partial charge in [-0.2, -0.15) is 0 Å². The van der Waals surface area contributed by atoms with Crippen LogP contribution in [-0.2, 0) is 0 Å². The van der Waals surface area contributed by atoms with E-state index in [0.29, 0.717) is 11.2 Å². The fourth-order valence-electron chi connectivity index (χ4n) is 2.19. The quantitative estimate of drug-likeness (QED) is 0.876. The summed E-state index contributed by atoms with van der Waals surface area (Å²) in [5, 5.41) is 4.02. The smallest absolute Gasteiger partial charge is 0.155 e. The molecular formula is C11H11BrClN3. The lowest BCUT2D eigenvalue weighted by Crippen LogP contribution is -2.15. The number of rotatable bonds is 1. The van der Waals surface area contributed by atoms with Crippen LogP contribution in [0, 0.1) is 0 Å². The van der Waals surface area contributed by atoms with E-state index in [2.05, 4.69) is 30.6 Å². The number of aromatic nitrogens is 2. The van der Waals surface area contributed by atoms with E-state index in [0.717, 1.165) is 28.8 Å². The van der Waals surface area contributed by atoms with Crippen molar-refractivity contribution in [3.8, 4) is 0 Å². The first kappa shape index (κ1) is 10.6. The molecule has 5 heteroatoms. The van der Waals surface area contributed by atoms with Crippen molar-refractivity contribution in [2.24, 2.45) is 0 Å². The molecule has 1 atom stereocenters. The molecule has 2 aromatic heterocycles. The molecule has 0 bridgehead atoms. The highest BCUT2D eigenvalue weighted by Crippen LogP contribution is 2.28. The first-order valence-electron chi connectivity index (χ1n) is 5.32. The highest BCUT2D eigenvalue weighted by Gasteiger charge is 2.22. The first-order chi connectivity index (χ1) is 7.75. The molecule has 2 aromatic rings. The molecule has 16 heavy (non-hydrogen) atoms. The largest absolute Gasteiger partial charge is 0.307 e. The zero-order chi connectivity index (χ0) is 11.1. The summed E-state index contributed by atoms with van der Waals surface area (Å²) in [7, 11) is 0. The lowest BCUT2D eigenvalue weighted by molar-refractivity contribution is 0.602. The number of nitrogens with zero attached hydrogens (tertiary/aromatic N) is 2. The Balaban J connectivity index is 2.19. The normalized spacial score (nSPS) is 20.8. The minimum Gasteiger partial charge on any atom is -0.307 e. The average Bonchev–Trinajstić information content (AvgIpc) is 2.86. The van der Waals surface area contributed by atoms with Crippen LogP contribution in [0.15, 0.2) is 22.8 Å². The van der Waals surface area contributed by atoms with Crippen LogP contribution >= 0.6 is 27.5 Å². The highest BCUT2D eigenvalue weighted by molar-refractivity contribution is 9.10. The molecule has 3 rings (SSSR count). The second kappa shape index (κ2) is 4.02. The monoisotopic (exact) mass is 299 g/mol. The summed E-state index contributed by atoms with van der Waals surface area (Å²) >= 11 is 9.61. The molecule has 0 aliphatic carbocycles. The van der Waals surface area contributed by atoms with Crippen LogP contribution in [0.5, 0.6) is 0 Å². The number of fused-ring (bicyclic) bond motifs is 1. The second-order valence-corrected chi connectivity index (χ2v) is 5.29. The summed E-state index contributed by atoms with van der Waals surface area (Å²) in [4.78, 5) is 4.46. The number of imidazole rings is 1. The van der Waals surface area contributed by atoms with Gasteiger partial charge in [0.1, 0.15) is 5.82 Å². The van der Waals surface area contributed by atoms with Crippen molar-refractivity contribution in [1.82, 2.24) is 14.7 Å². The van der Waals surface area contributed by atoms with Crippen LogP contribution in [0.3, 0.4) is 0 Å². The van der Waals surface area contributed by atoms with Gasteiger partial charge in [-0.1, -0.05) is 11.6 Å². The predicted molar refractivity (Wildman–Crippen MR) is 67.9 cm³/mol. The van der Waals surface area contributed by atoms with E-state index in [1.54, 1.807) is 0 Å². The van der Waals surface area contributed by atoms with Gasteiger partial charge in [-0.15, -0.1) is 0 Å². The average molecular weight is 301 g/mol. The lowest BCUT2D eigenvalue weighted by Gasteiger charge is -2.08. The van der Waals surface area contributed by atoms with E-state index in [-0.39, 0.29) is 0 Å². The molecule has 0 spiro atoms. The number of nitrogens with one attached hydrogen (secondary N) is 1. The third-order valence-electron chi connectivity index (χ3n) is 2.96. The Bertz CT molecular complexity index is 531. The molecule has 1 N–H and O–H groups in total. The Morgan fingerprint density at radius 1 is 1.50 bits per heavy atom. The summed E-state index contributed by atoms with van der Waals surface area (Å²) in [6.07, 6.45) is 4.34. The fourth-order valence-corrected chi connectivity index (χ4v) is 2.77. The third kappa shape index (κ3) is 1.65. The van der Waals surface area contributed by atoms with Crippen molar-refractivity contribution in [2.75, 3.05) is 6.54 Å². The van der Waals surface area contributed by atoms with Crippen molar-refractivity contribution >= 4 is 33.0 Å². The van der Waals surface area contributed by atoms with Gasteiger partial charge in [0.05, 0.1) is 11.6 Å². The van der Waals surface area contributed by atoms with E-state index in [4.69, 9.17) is 11.6 Å². The van der Waals surface area contributed by atoms with Crippen molar-refractivity contribution in [2.45, 2.75) is 18.9 Å². The zero-order valence-corrected chi connectivity index (χ0v) is 10.9. The summed E-state index contributed by atoms with van der Waals surface area (Å²) in [5.41, 5.74) is 0.966. The van der Waals surface area contributed by atoms with E-state index in [1.807, 2.05) is 18.3 Å². The first-order valence-corrected chi connectivity index (χ1v) is 6.49. The van der Waals surface area contributed by atoms with Crippen LogP contribution in [-0.4, -0.2) is 15.9 Å². The minimum absolute atomic E-state index is 0.328. The van der Waals surface area contributed by atoms with E-state index >= 15 is 0 Å². The summed E-state index contributed by atoms with van der Waals surface area (Å²) in [5.74, 6) is 1.01. The molecule has 3 heterocycles. The third-order valence-corrected chi connectivity index (χ3v) is 3.70. The Morgan fingerprint density at radius 2 is 2.38 bits per heavy atom. The second-order valence-electron chi connectivity index (χ2n) is 4.01. The molecule has 84 valence electrons. The van der Waals surface area contributed by atoms with Gasteiger partial charge in [-0.25, -0.2) is 4.98 Å². The molecule has 1 saturated heterocycles. The number of hydrogen-bond acceptors (Lipinski definition) is 2. The number of hydrogen-bond donors (Lipinski definition) is 1. The van der Waals surface area contributed by atoms with Gasteiger partial charge in [0.25, 0.3) is 0 Å². The fraction of sp³-hybridized carbons (Fsp3) is 0.364. The van der Waals surface area contributed by atoms with E-state index < -0.39 is 0 Å². The maximum atomic E-state index is 6.13. The highest BCUT2D eigenvalue weighted by atomic mass is 79.9. The van der Waals surface area contributed by atoms with E-state index in [1.165, 1.54) is 6.42 Å². The van der Waals surface area contributed by atoms with Gasteiger partial charge >= 0.3 is 0 Å². The molecule has 1 fully saturated rings. The van der Waals surface area contributed by atoms with E-state index in [9.17, 15) is 0 Å². The molecule has 1 aliphatic rings. The Labute approximate surface area is 107 Å². The Kier molecular flexibility index (Phi) is 2.65. The van der Waals surface area contributed by atoms with Gasteiger partial charge < -0.3 is 5.32 Å². The minimum atomic E-state index is 0.328. The molecule has 0 amide bonds. The zero-order valence-electron chi connectivity index (χ0n) is 8.58. The molecule has 3 nitrogen and oxygen atoms in total. The molecule has 0 radical (unpaired) electrons. The number of pyridine rings is 1. The predicted octanol–water partition coefficient (Wildman–Crippen LogP) is 3.17. The molecular weight excluding hydrogens is 289 g/mol. The number of halogens is 2.